The molecule has 1 heterocycles. The molecule has 1 aromatic heterocycles. The van der Waals surface area contributed by atoms with E-state index < -0.39 is 17.1 Å². The van der Waals surface area contributed by atoms with Gasteiger partial charge in [-0.15, -0.1) is 23.1 Å². The van der Waals surface area contributed by atoms with Crippen LogP contribution in [0.1, 0.15) is 26.7 Å². The average molecular weight is 736 g/mol. The van der Waals surface area contributed by atoms with E-state index >= 15 is 0 Å². The Balaban J connectivity index is 1.16. The Kier molecular flexibility index (Phi) is 11.4. The van der Waals surface area contributed by atoms with Crippen LogP contribution in [0.2, 0.25) is 10.0 Å². The largest absolute Gasteiger partial charge is 0.321 e. The molecule has 6 aromatic rings. The van der Waals surface area contributed by atoms with Crippen LogP contribution >= 0.6 is 46.3 Å². The maximum Gasteiger partial charge on any atom is 0.272 e. The van der Waals surface area contributed by atoms with E-state index in [1.165, 1.54) is 23.1 Å². The van der Waals surface area contributed by atoms with Crippen LogP contribution in [0.4, 0.5) is 10.8 Å². The highest BCUT2D eigenvalue weighted by molar-refractivity contribution is 8.00. The number of nitrogens with zero attached hydrogens (tertiary/aromatic N) is 1. The van der Waals surface area contributed by atoms with Gasteiger partial charge in [0.2, 0.25) is 5.91 Å². The summed E-state index contributed by atoms with van der Waals surface area (Å²) < 4.78 is 0. The van der Waals surface area contributed by atoms with Gasteiger partial charge in [0.15, 0.2) is 5.13 Å². The van der Waals surface area contributed by atoms with Crippen LogP contribution in [0.25, 0.3) is 17.3 Å². The summed E-state index contributed by atoms with van der Waals surface area (Å²) in [6.07, 6.45) is 1.58. The van der Waals surface area contributed by atoms with Crippen LogP contribution in [0.3, 0.4) is 0 Å². The molecule has 0 spiro atoms. The molecule has 50 heavy (non-hydrogen) atoms. The summed E-state index contributed by atoms with van der Waals surface area (Å²) in [4.78, 5) is 45.5. The zero-order valence-electron chi connectivity index (χ0n) is 26.2. The molecule has 1 atom stereocenters. The predicted octanol–water partition coefficient (Wildman–Crippen LogP) is 10.00. The Morgan fingerprint density at radius 1 is 0.720 bits per heavy atom. The molecule has 11 heteroatoms. The summed E-state index contributed by atoms with van der Waals surface area (Å²) in [7, 11) is 0. The number of nitrogens with one attached hydrogen (secondary N) is 3. The Labute approximate surface area is 307 Å². The van der Waals surface area contributed by atoms with Crippen LogP contribution in [-0.2, 0) is 9.59 Å². The lowest BCUT2D eigenvalue weighted by Gasteiger charge is -2.17. The van der Waals surface area contributed by atoms with E-state index in [0.29, 0.717) is 32.0 Å². The molecule has 0 fully saturated rings. The zero-order valence-corrected chi connectivity index (χ0v) is 29.3. The molecule has 0 saturated carbocycles. The second-order valence-electron chi connectivity index (χ2n) is 10.9. The number of rotatable bonds is 11. The van der Waals surface area contributed by atoms with E-state index in [-0.39, 0.29) is 11.6 Å². The van der Waals surface area contributed by atoms with Crippen molar-refractivity contribution in [2.45, 2.75) is 10.1 Å². The van der Waals surface area contributed by atoms with E-state index in [4.69, 9.17) is 23.2 Å². The molecule has 6 rings (SSSR count). The van der Waals surface area contributed by atoms with Gasteiger partial charge in [0.1, 0.15) is 10.9 Å². The van der Waals surface area contributed by atoms with Gasteiger partial charge in [-0.05, 0) is 77.9 Å². The third-order valence-corrected chi connectivity index (χ3v) is 9.82. The lowest BCUT2D eigenvalue weighted by atomic mass is 10.1. The number of hydrogen-bond acceptors (Lipinski definition) is 6. The molecule has 0 bridgehead atoms. The molecule has 0 radical (unpaired) electrons. The minimum Gasteiger partial charge on any atom is -0.321 e. The van der Waals surface area contributed by atoms with Crippen LogP contribution < -0.4 is 16.0 Å². The second kappa shape index (κ2) is 16.5. The molecule has 5 aromatic carbocycles. The number of carbonyl (C=O) groups is 3. The van der Waals surface area contributed by atoms with Gasteiger partial charge in [0.05, 0.1) is 5.69 Å². The van der Waals surface area contributed by atoms with Gasteiger partial charge >= 0.3 is 0 Å². The minimum atomic E-state index is -0.582. The number of thioether (sulfide) groups is 1. The molecule has 0 aliphatic carbocycles. The summed E-state index contributed by atoms with van der Waals surface area (Å²) in [6, 6.07) is 39.6. The number of aromatic nitrogens is 1. The van der Waals surface area contributed by atoms with E-state index in [0.717, 1.165) is 21.7 Å². The van der Waals surface area contributed by atoms with Crippen molar-refractivity contribution in [2.75, 3.05) is 10.6 Å². The Hall–Kier alpha value is -5.19. The van der Waals surface area contributed by atoms with E-state index in [2.05, 4.69) is 20.9 Å². The molecular formula is C39H28Cl2N4O3S2. The predicted molar refractivity (Wildman–Crippen MR) is 205 cm³/mol. The van der Waals surface area contributed by atoms with Crippen LogP contribution in [0.15, 0.2) is 149 Å². The molecule has 3 amide bonds. The molecule has 7 nitrogen and oxygen atoms in total. The van der Waals surface area contributed by atoms with Crippen molar-refractivity contribution in [1.29, 1.82) is 0 Å². The van der Waals surface area contributed by atoms with Crippen molar-refractivity contribution in [2.24, 2.45) is 0 Å². The third-order valence-electron chi connectivity index (χ3n) is 7.29. The SMILES string of the molecule is O=C(Nc1ccc(SC(C(=O)Nc2nc(-c3ccc(Cl)cc3)cs2)c2ccccc2)cc1)/C(=C/c1ccc(Cl)cc1)NC(=O)c1ccccc1. The number of amides is 3. The van der Waals surface area contributed by atoms with Gasteiger partial charge in [0.25, 0.3) is 11.8 Å². The fourth-order valence-corrected chi connectivity index (χ4v) is 6.77. The third kappa shape index (κ3) is 9.28. The number of carbonyl (C=O) groups excluding carboxylic acids is 3. The molecule has 3 N–H and O–H groups in total. The number of hydrogen-bond donors (Lipinski definition) is 3. The molecule has 1 unspecified atom stereocenters. The van der Waals surface area contributed by atoms with E-state index in [9.17, 15) is 14.4 Å². The van der Waals surface area contributed by atoms with Gasteiger partial charge in [0, 0.05) is 37.1 Å². The number of benzene rings is 5. The standard InChI is InChI=1S/C39H28Cl2N4O3S2/c40-29-15-11-25(12-16-29)23-33(43-36(46)28-9-5-2-6-10-28)37(47)42-31-19-21-32(22-20-31)50-35(27-7-3-1-4-8-27)38(48)45-39-44-34(24-49-39)26-13-17-30(41)18-14-26/h1-24,35H,(H,42,47)(H,43,46)(H,44,45,48)/b33-23-. The monoisotopic (exact) mass is 734 g/mol. The van der Waals surface area contributed by atoms with Gasteiger partial charge in [-0.2, -0.15) is 0 Å². The summed E-state index contributed by atoms with van der Waals surface area (Å²) in [6.45, 7) is 0. The topological polar surface area (TPSA) is 100 Å². The van der Waals surface area contributed by atoms with Crippen molar-refractivity contribution < 1.29 is 14.4 Å². The fourth-order valence-electron chi connectivity index (χ4n) is 4.78. The summed E-state index contributed by atoms with van der Waals surface area (Å²) in [5.74, 6) is -1.15. The van der Waals surface area contributed by atoms with Crippen LogP contribution in [0.5, 0.6) is 0 Å². The smallest absolute Gasteiger partial charge is 0.272 e. The lowest BCUT2D eigenvalue weighted by molar-refractivity contribution is -0.116. The maximum atomic E-state index is 13.7. The normalized spacial score (nSPS) is 11.8. The molecular weight excluding hydrogens is 707 g/mol. The first-order chi connectivity index (χ1) is 24.3. The molecule has 0 aliphatic heterocycles. The summed E-state index contributed by atoms with van der Waals surface area (Å²) in [5.41, 5.74) is 4.14. The summed E-state index contributed by atoms with van der Waals surface area (Å²) in [5, 5.41) is 11.6. The highest BCUT2D eigenvalue weighted by Crippen LogP contribution is 2.37. The van der Waals surface area contributed by atoms with Crippen molar-refractivity contribution in [1.82, 2.24) is 10.3 Å². The Bertz CT molecular complexity index is 2120. The van der Waals surface area contributed by atoms with Crippen molar-refractivity contribution in [3.8, 4) is 11.3 Å². The number of thiazole rings is 1. The Morgan fingerprint density at radius 3 is 2.00 bits per heavy atom. The van der Waals surface area contributed by atoms with Gasteiger partial charge < -0.3 is 16.0 Å². The first-order valence-electron chi connectivity index (χ1n) is 15.3. The second-order valence-corrected chi connectivity index (χ2v) is 13.8. The molecule has 248 valence electrons. The quantitative estimate of drug-likeness (QED) is 0.0909. The van der Waals surface area contributed by atoms with Crippen molar-refractivity contribution >= 4 is 80.9 Å². The van der Waals surface area contributed by atoms with Gasteiger partial charge in [-0.1, -0.05) is 96.0 Å². The number of anilines is 2. The average Bonchev–Trinajstić information content (AvgIpc) is 3.61. The zero-order chi connectivity index (χ0) is 34.9. The number of halogens is 2. The first kappa shape index (κ1) is 34.7. The van der Waals surface area contributed by atoms with Crippen molar-refractivity contribution in [3.05, 3.63) is 171 Å². The molecule has 0 aliphatic rings. The highest BCUT2D eigenvalue weighted by Gasteiger charge is 2.23. The fraction of sp³-hybridized carbons (Fsp3) is 0.0256. The van der Waals surface area contributed by atoms with Crippen LogP contribution in [-0.4, -0.2) is 22.7 Å². The Morgan fingerprint density at radius 2 is 1.34 bits per heavy atom. The van der Waals surface area contributed by atoms with E-state index in [1.54, 1.807) is 78.9 Å². The van der Waals surface area contributed by atoms with Gasteiger partial charge in [-0.3, -0.25) is 14.4 Å². The maximum absolute atomic E-state index is 13.7. The highest BCUT2D eigenvalue weighted by atomic mass is 35.5. The van der Waals surface area contributed by atoms with Crippen LogP contribution in [0, 0.1) is 0 Å². The molecule has 0 saturated heterocycles. The van der Waals surface area contributed by atoms with Gasteiger partial charge in [-0.25, -0.2) is 4.98 Å². The first-order valence-corrected chi connectivity index (χ1v) is 17.8. The van der Waals surface area contributed by atoms with E-state index in [1.807, 2.05) is 66.0 Å². The summed E-state index contributed by atoms with van der Waals surface area (Å²) >= 11 is 14.8. The minimum absolute atomic E-state index is 0.0573. The lowest BCUT2D eigenvalue weighted by Crippen LogP contribution is -2.30. The van der Waals surface area contributed by atoms with Crippen molar-refractivity contribution in [3.63, 3.8) is 0 Å².